The van der Waals surface area contributed by atoms with Crippen LogP contribution in [0, 0.1) is 0 Å². The van der Waals surface area contributed by atoms with Crippen molar-refractivity contribution in [3.8, 4) is 0 Å². The number of fused-ring (bicyclic) bond motifs is 1. The highest BCUT2D eigenvalue weighted by Gasteiger charge is 2.46. The second-order valence-corrected chi connectivity index (χ2v) is 10.2. The Bertz CT molecular complexity index is 738. The Hall–Kier alpha value is -2.12. The molecule has 0 nitrogen and oxygen atoms in total. The Morgan fingerprint density at radius 2 is 1.18 bits per heavy atom. The van der Waals surface area contributed by atoms with E-state index in [9.17, 15) is 0 Å². The van der Waals surface area contributed by atoms with Gasteiger partial charge >= 0.3 is 0 Å². The third-order valence-corrected chi connectivity index (χ3v) is 10.3. The number of hydrogen-bond donors (Lipinski definition) is 0. The molecule has 0 saturated carbocycles. The molecule has 108 valence electrons. The molecule has 1 aliphatic heterocycles. The average Bonchev–Trinajstić information content (AvgIpc) is 2.91. The fourth-order valence-electron chi connectivity index (χ4n) is 4.15. The molecule has 0 radical (unpaired) electrons. The van der Waals surface area contributed by atoms with Crippen LogP contribution in [-0.4, -0.2) is 8.07 Å². The molecule has 0 bridgehead atoms. The Balaban J connectivity index is 2.04. The lowest BCUT2D eigenvalue weighted by atomic mass is 10.0. The fraction of sp³-hybridized carbons (Fsp3) is 0.143. The van der Waals surface area contributed by atoms with Crippen LogP contribution < -0.4 is 15.6 Å². The van der Waals surface area contributed by atoms with Gasteiger partial charge in [-0.05, 0) is 33.1 Å². The van der Waals surface area contributed by atoms with Gasteiger partial charge in [-0.25, -0.2) is 0 Å². The molecule has 0 saturated heterocycles. The smallest absolute Gasteiger partial charge is 0.0624 e. The zero-order chi connectivity index (χ0) is 15.0. The van der Waals surface area contributed by atoms with Gasteiger partial charge in [0.2, 0.25) is 0 Å². The van der Waals surface area contributed by atoms with Crippen molar-refractivity contribution < 1.29 is 0 Å². The third kappa shape index (κ3) is 1.89. The molecule has 1 heteroatoms. The topological polar surface area (TPSA) is 0 Å². The van der Waals surface area contributed by atoms with Gasteiger partial charge in [-0.3, -0.25) is 0 Å². The molecule has 0 amide bonds. The number of rotatable bonds is 2. The number of hydrogen-bond acceptors (Lipinski definition) is 0. The van der Waals surface area contributed by atoms with Crippen molar-refractivity contribution in [3.05, 3.63) is 90.5 Å². The molecule has 3 aromatic rings. The lowest BCUT2D eigenvalue weighted by Gasteiger charge is -2.30. The molecule has 0 spiro atoms. The Labute approximate surface area is 133 Å². The van der Waals surface area contributed by atoms with Gasteiger partial charge in [0.25, 0.3) is 0 Å². The maximum absolute atomic E-state index is 2.39. The second-order valence-electron chi connectivity index (χ2n) is 6.33. The maximum atomic E-state index is 2.39. The summed E-state index contributed by atoms with van der Waals surface area (Å²) in [5.74, 6) is 0.642. The average molecular weight is 300 g/mol. The number of benzene rings is 3. The van der Waals surface area contributed by atoms with Crippen LogP contribution in [0.5, 0.6) is 0 Å². The van der Waals surface area contributed by atoms with Gasteiger partial charge in [-0.2, -0.15) is 0 Å². The third-order valence-electron chi connectivity index (χ3n) is 5.10. The summed E-state index contributed by atoms with van der Waals surface area (Å²) in [5.41, 5.74) is 1.56. The van der Waals surface area contributed by atoms with Crippen molar-refractivity contribution in [2.75, 3.05) is 0 Å². The summed E-state index contributed by atoms with van der Waals surface area (Å²) in [5, 5.41) is 4.69. The fourth-order valence-corrected chi connectivity index (χ4v) is 9.66. The van der Waals surface area contributed by atoms with Crippen LogP contribution in [0.4, 0.5) is 0 Å². The largest absolute Gasteiger partial charge is 0.149 e. The van der Waals surface area contributed by atoms with Crippen molar-refractivity contribution in [2.24, 2.45) is 0 Å². The standard InChI is InChI=1S/C21H20Si/c1-17-16-22(18-10-4-2-5-11-18,19-12-6-3-7-13-19)21-15-9-8-14-20(17)21/h2-15,17H,16H2,1H3. The molecular weight excluding hydrogens is 280 g/mol. The van der Waals surface area contributed by atoms with Gasteiger partial charge in [-0.15, -0.1) is 0 Å². The SMILES string of the molecule is CC1C[Si](c2ccccc2)(c2ccccc2)c2ccccc21. The first-order chi connectivity index (χ1) is 10.8. The highest BCUT2D eigenvalue weighted by Crippen LogP contribution is 2.33. The molecule has 0 aromatic heterocycles. The van der Waals surface area contributed by atoms with Crippen LogP contribution in [0.1, 0.15) is 18.4 Å². The van der Waals surface area contributed by atoms with Crippen LogP contribution in [0.25, 0.3) is 0 Å². The summed E-state index contributed by atoms with van der Waals surface area (Å²) in [6.07, 6.45) is 0. The Morgan fingerprint density at radius 1 is 0.682 bits per heavy atom. The summed E-state index contributed by atoms with van der Waals surface area (Å²) >= 11 is 0. The first-order valence-electron chi connectivity index (χ1n) is 8.03. The van der Waals surface area contributed by atoms with E-state index in [-0.39, 0.29) is 0 Å². The van der Waals surface area contributed by atoms with Crippen LogP contribution in [0.3, 0.4) is 0 Å². The van der Waals surface area contributed by atoms with Crippen molar-refractivity contribution in [1.82, 2.24) is 0 Å². The van der Waals surface area contributed by atoms with Crippen LogP contribution >= 0.6 is 0 Å². The van der Waals surface area contributed by atoms with Crippen LogP contribution in [0.15, 0.2) is 84.9 Å². The highest BCUT2D eigenvalue weighted by molar-refractivity contribution is 7.12. The normalized spacial score (nSPS) is 18.9. The van der Waals surface area contributed by atoms with Gasteiger partial charge in [0.15, 0.2) is 0 Å². The Morgan fingerprint density at radius 3 is 1.77 bits per heavy atom. The summed E-state index contributed by atoms with van der Waals surface area (Å²) in [7, 11) is -1.87. The molecule has 1 heterocycles. The van der Waals surface area contributed by atoms with Gasteiger partial charge < -0.3 is 0 Å². The molecule has 0 N–H and O–H groups in total. The molecule has 0 aliphatic carbocycles. The van der Waals surface area contributed by atoms with Gasteiger partial charge in [0.1, 0.15) is 8.07 Å². The van der Waals surface area contributed by atoms with Gasteiger partial charge in [0.05, 0.1) is 0 Å². The predicted molar refractivity (Wildman–Crippen MR) is 97.2 cm³/mol. The first kappa shape index (κ1) is 13.5. The van der Waals surface area contributed by atoms with Crippen LogP contribution in [-0.2, 0) is 0 Å². The zero-order valence-electron chi connectivity index (χ0n) is 12.9. The summed E-state index contributed by atoms with van der Waals surface area (Å²) in [6, 6.07) is 32.8. The van der Waals surface area contributed by atoms with E-state index in [1.54, 1.807) is 10.8 Å². The van der Waals surface area contributed by atoms with Crippen molar-refractivity contribution in [2.45, 2.75) is 18.9 Å². The van der Waals surface area contributed by atoms with E-state index in [0.29, 0.717) is 5.92 Å². The summed E-state index contributed by atoms with van der Waals surface area (Å²) in [4.78, 5) is 0. The minimum absolute atomic E-state index is 0.642. The Kier molecular flexibility index (Phi) is 3.23. The molecule has 22 heavy (non-hydrogen) atoms. The molecule has 1 aliphatic rings. The first-order valence-corrected chi connectivity index (χ1v) is 10.2. The monoisotopic (exact) mass is 300 g/mol. The van der Waals surface area contributed by atoms with E-state index in [2.05, 4.69) is 91.9 Å². The van der Waals surface area contributed by atoms with E-state index < -0.39 is 8.07 Å². The lowest BCUT2D eigenvalue weighted by Crippen LogP contribution is -2.65. The van der Waals surface area contributed by atoms with Crippen molar-refractivity contribution in [3.63, 3.8) is 0 Å². The van der Waals surface area contributed by atoms with E-state index in [0.717, 1.165) is 0 Å². The van der Waals surface area contributed by atoms with Crippen molar-refractivity contribution in [1.29, 1.82) is 0 Å². The van der Waals surface area contributed by atoms with Gasteiger partial charge in [-0.1, -0.05) is 91.9 Å². The highest BCUT2D eigenvalue weighted by atomic mass is 28.3. The van der Waals surface area contributed by atoms with Crippen LogP contribution in [0.2, 0.25) is 6.04 Å². The second kappa shape index (κ2) is 5.26. The molecular formula is C21H20Si. The minimum atomic E-state index is -1.87. The molecule has 3 aromatic carbocycles. The molecule has 0 fully saturated rings. The zero-order valence-corrected chi connectivity index (χ0v) is 13.9. The molecule has 4 rings (SSSR count). The minimum Gasteiger partial charge on any atom is -0.0624 e. The summed E-state index contributed by atoms with van der Waals surface area (Å²) < 4.78 is 0. The van der Waals surface area contributed by atoms with E-state index in [4.69, 9.17) is 0 Å². The van der Waals surface area contributed by atoms with Crippen molar-refractivity contribution >= 4 is 23.6 Å². The lowest BCUT2D eigenvalue weighted by molar-refractivity contribution is 0.881. The predicted octanol–water partition coefficient (Wildman–Crippen LogP) is 3.27. The van der Waals surface area contributed by atoms with E-state index >= 15 is 0 Å². The molecule has 1 atom stereocenters. The quantitative estimate of drug-likeness (QED) is 0.637. The van der Waals surface area contributed by atoms with E-state index in [1.165, 1.54) is 16.4 Å². The maximum Gasteiger partial charge on any atom is 0.149 e. The molecule has 1 unspecified atom stereocenters. The van der Waals surface area contributed by atoms with Gasteiger partial charge in [0, 0.05) is 0 Å². The van der Waals surface area contributed by atoms with E-state index in [1.807, 2.05) is 0 Å². The summed E-state index contributed by atoms with van der Waals surface area (Å²) in [6.45, 7) is 2.39.